The van der Waals surface area contributed by atoms with Gasteiger partial charge < -0.3 is 20.9 Å². The molecule has 2 aromatic rings. The van der Waals surface area contributed by atoms with Crippen molar-refractivity contribution < 1.29 is 27.4 Å². The second-order valence-corrected chi connectivity index (χ2v) is 5.07. The maximum Gasteiger partial charge on any atom is 0.433 e. The predicted molar refractivity (Wildman–Crippen MR) is 85.0 cm³/mol. The third-order valence-electron chi connectivity index (χ3n) is 3.30. The molecule has 134 valence electrons. The van der Waals surface area contributed by atoms with E-state index in [2.05, 4.69) is 4.98 Å². The molecule has 4 N–H and O–H groups in total. The first-order chi connectivity index (χ1) is 11.7. The van der Waals surface area contributed by atoms with Gasteiger partial charge in [0.05, 0.1) is 12.2 Å². The van der Waals surface area contributed by atoms with Crippen molar-refractivity contribution >= 4 is 11.6 Å². The maximum absolute atomic E-state index is 12.9. The van der Waals surface area contributed by atoms with Crippen molar-refractivity contribution in [2.24, 2.45) is 5.73 Å². The van der Waals surface area contributed by atoms with Crippen LogP contribution in [0.5, 0.6) is 5.75 Å². The van der Waals surface area contributed by atoms with Crippen LogP contribution in [0.4, 0.5) is 18.9 Å². The number of ether oxygens (including phenoxy) is 2. The van der Waals surface area contributed by atoms with Crippen molar-refractivity contribution in [3.05, 3.63) is 41.7 Å². The van der Waals surface area contributed by atoms with E-state index in [1.165, 1.54) is 25.3 Å². The summed E-state index contributed by atoms with van der Waals surface area (Å²) in [5, 5.41) is 0. The number of alkyl halides is 3. The van der Waals surface area contributed by atoms with Gasteiger partial charge in [-0.05, 0) is 23.8 Å². The van der Waals surface area contributed by atoms with Gasteiger partial charge in [-0.3, -0.25) is 9.78 Å². The summed E-state index contributed by atoms with van der Waals surface area (Å²) in [4.78, 5) is 15.0. The Labute approximate surface area is 141 Å². The van der Waals surface area contributed by atoms with Crippen LogP contribution in [0.3, 0.4) is 0 Å². The smallest absolute Gasteiger partial charge is 0.433 e. The molecule has 0 spiro atoms. The standard InChI is InChI=1S/C16H16F3N3O3/c1-24-4-5-25-10-7-11(15(21)23)14(12(20)8-10)9-2-3-22-13(6-9)16(17,18)19/h2-3,6-8H,4-5,20H2,1H3,(H2,21,23). The van der Waals surface area contributed by atoms with E-state index in [-0.39, 0.29) is 34.7 Å². The van der Waals surface area contributed by atoms with Gasteiger partial charge >= 0.3 is 6.18 Å². The van der Waals surface area contributed by atoms with Gasteiger partial charge in [-0.2, -0.15) is 13.2 Å². The van der Waals surface area contributed by atoms with Crippen LogP contribution >= 0.6 is 0 Å². The molecule has 1 heterocycles. The van der Waals surface area contributed by atoms with Crippen molar-refractivity contribution in [3.8, 4) is 16.9 Å². The number of carbonyl (C=O) groups excluding carboxylic acids is 1. The molecular weight excluding hydrogens is 339 g/mol. The number of hydrogen-bond acceptors (Lipinski definition) is 5. The van der Waals surface area contributed by atoms with E-state index < -0.39 is 17.8 Å². The number of carbonyl (C=O) groups is 1. The molecule has 0 aliphatic rings. The van der Waals surface area contributed by atoms with Crippen LogP contribution in [0.15, 0.2) is 30.5 Å². The molecule has 25 heavy (non-hydrogen) atoms. The molecule has 9 heteroatoms. The van der Waals surface area contributed by atoms with Crippen molar-refractivity contribution in [3.63, 3.8) is 0 Å². The van der Waals surface area contributed by atoms with Crippen molar-refractivity contribution in [2.45, 2.75) is 6.18 Å². The Kier molecular flexibility index (Phi) is 5.48. The van der Waals surface area contributed by atoms with Gasteiger partial charge in [-0.15, -0.1) is 0 Å². The zero-order chi connectivity index (χ0) is 18.6. The van der Waals surface area contributed by atoms with Crippen molar-refractivity contribution in [1.82, 2.24) is 4.98 Å². The highest BCUT2D eigenvalue weighted by Gasteiger charge is 2.33. The molecule has 0 bridgehead atoms. The molecule has 0 saturated heterocycles. The fraction of sp³-hybridized carbons (Fsp3) is 0.250. The van der Waals surface area contributed by atoms with E-state index in [0.29, 0.717) is 6.61 Å². The Morgan fingerprint density at radius 2 is 1.96 bits per heavy atom. The number of nitrogen functional groups attached to an aromatic ring is 1. The van der Waals surface area contributed by atoms with Gasteiger partial charge in [0, 0.05) is 30.6 Å². The minimum atomic E-state index is -4.62. The summed E-state index contributed by atoms with van der Waals surface area (Å²) in [6.07, 6.45) is -3.63. The normalized spacial score (nSPS) is 11.4. The fourth-order valence-electron chi connectivity index (χ4n) is 2.22. The molecule has 0 unspecified atom stereocenters. The Bertz CT molecular complexity index is 779. The summed E-state index contributed by atoms with van der Waals surface area (Å²) in [5.41, 5.74) is 10.4. The van der Waals surface area contributed by atoms with Gasteiger partial charge in [-0.1, -0.05) is 0 Å². The number of rotatable bonds is 6. The number of hydrogen-bond donors (Lipinski definition) is 2. The lowest BCUT2D eigenvalue weighted by Gasteiger charge is -2.15. The number of primary amides is 1. The Morgan fingerprint density at radius 1 is 1.24 bits per heavy atom. The molecule has 6 nitrogen and oxygen atoms in total. The number of pyridine rings is 1. The van der Waals surface area contributed by atoms with Gasteiger partial charge in [0.2, 0.25) is 5.91 Å². The molecule has 0 fully saturated rings. The summed E-state index contributed by atoms with van der Waals surface area (Å²) in [5.74, 6) is -0.582. The Morgan fingerprint density at radius 3 is 2.56 bits per heavy atom. The number of methoxy groups -OCH3 is 1. The molecule has 0 aliphatic carbocycles. The summed E-state index contributed by atoms with van der Waals surface area (Å²) in [6.45, 7) is 0.522. The third kappa shape index (κ3) is 4.38. The minimum absolute atomic E-state index is 0.0493. The highest BCUT2D eigenvalue weighted by atomic mass is 19.4. The number of halogens is 3. The minimum Gasteiger partial charge on any atom is -0.491 e. The molecule has 1 amide bonds. The highest BCUT2D eigenvalue weighted by molar-refractivity contribution is 6.03. The second kappa shape index (κ2) is 7.39. The number of nitrogens with zero attached hydrogens (tertiary/aromatic N) is 1. The first-order valence-corrected chi connectivity index (χ1v) is 7.12. The van der Waals surface area contributed by atoms with E-state index in [9.17, 15) is 18.0 Å². The van der Waals surface area contributed by atoms with Crippen LogP contribution in [0.25, 0.3) is 11.1 Å². The number of anilines is 1. The maximum atomic E-state index is 12.9. The van der Waals surface area contributed by atoms with Crippen molar-refractivity contribution in [2.75, 3.05) is 26.1 Å². The summed E-state index contributed by atoms with van der Waals surface area (Å²) < 4.78 is 48.8. The van der Waals surface area contributed by atoms with Crippen LogP contribution in [0.2, 0.25) is 0 Å². The average Bonchev–Trinajstić information content (AvgIpc) is 2.54. The lowest BCUT2D eigenvalue weighted by atomic mass is 9.97. The molecular formula is C16H16F3N3O3. The van der Waals surface area contributed by atoms with Crippen LogP contribution in [0, 0.1) is 0 Å². The SMILES string of the molecule is COCCOc1cc(N)c(-c2ccnc(C(F)(F)F)c2)c(C(N)=O)c1. The molecule has 0 radical (unpaired) electrons. The molecule has 0 aliphatic heterocycles. The molecule has 0 saturated carbocycles. The first-order valence-electron chi connectivity index (χ1n) is 7.12. The van der Waals surface area contributed by atoms with Crippen LogP contribution in [-0.4, -0.2) is 31.2 Å². The Hall–Kier alpha value is -2.81. The number of nitrogens with two attached hydrogens (primary N) is 2. The first kappa shape index (κ1) is 18.5. The van der Waals surface area contributed by atoms with E-state index in [4.69, 9.17) is 20.9 Å². The number of aromatic nitrogens is 1. The lowest BCUT2D eigenvalue weighted by Crippen LogP contribution is -2.15. The van der Waals surface area contributed by atoms with Crippen LogP contribution in [0.1, 0.15) is 16.1 Å². The second-order valence-electron chi connectivity index (χ2n) is 5.07. The zero-order valence-corrected chi connectivity index (χ0v) is 13.3. The van der Waals surface area contributed by atoms with Gasteiger partial charge in [0.15, 0.2) is 0 Å². The quantitative estimate of drug-likeness (QED) is 0.612. The number of benzene rings is 1. The van der Waals surface area contributed by atoms with E-state index >= 15 is 0 Å². The summed E-state index contributed by atoms with van der Waals surface area (Å²) in [7, 11) is 1.50. The van der Waals surface area contributed by atoms with E-state index in [1.54, 1.807) is 0 Å². The highest BCUT2D eigenvalue weighted by Crippen LogP contribution is 2.36. The monoisotopic (exact) mass is 355 g/mol. The molecule has 1 aromatic carbocycles. The summed E-state index contributed by atoms with van der Waals surface area (Å²) >= 11 is 0. The molecule has 1 aromatic heterocycles. The largest absolute Gasteiger partial charge is 0.491 e. The Balaban J connectivity index is 2.52. The average molecular weight is 355 g/mol. The van der Waals surface area contributed by atoms with Crippen molar-refractivity contribution in [1.29, 1.82) is 0 Å². The molecule has 2 rings (SSSR count). The topological polar surface area (TPSA) is 100 Å². The molecule has 0 atom stereocenters. The van der Waals surface area contributed by atoms with E-state index in [1.807, 2.05) is 0 Å². The summed E-state index contributed by atoms with van der Waals surface area (Å²) in [6, 6.07) is 4.87. The van der Waals surface area contributed by atoms with Gasteiger partial charge in [0.1, 0.15) is 18.1 Å². The third-order valence-corrected chi connectivity index (χ3v) is 3.30. The zero-order valence-electron chi connectivity index (χ0n) is 13.3. The predicted octanol–water partition coefficient (Wildman–Crippen LogP) is 2.47. The van der Waals surface area contributed by atoms with E-state index in [0.717, 1.165) is 12.3 Å². The van der Waals surface area contributed by atoms with Crippen LogP contribution < -0.4 is 16.2 Å². The van der Waals surface area contributed by atoms with Gasteiger partial charge in [-0.25, -0.2) is 0 Å². The number of amides is 1. The fourth-order valence-corrected chi connectivity index (χ4v) is 2.22. The van der Waals surface area contributed by atoms with Crippen LogP contribution in [-0.2, 0) is 10.9 Å². The van der Waals surface area contributed by atoms with Gasteiger partial charge in [0.25, 0.3) is 0 Å². The lowest BCUT2D eigenvalue weighted by molar-refractivity contribution is -0.141.